The van der Waals surface area contributed by atoms with E-state index in [-0.39, 0.29) is 29.6 Å². The van der Waals surface area contributed by atoms with E-state index in [1.807, 2.05) is 50.2 Å². The Labute approximate surface area is 343 Å². The molecule has 58 heavy (non-hydrogen) atoms. The molecule has 12 nitrogen and oxygen atoms in total. The van der Waals surface area contributed by atoms with Gasteiger partial charge in [-0.15, -0.1) is 0 Å². The monoisotopic (exact) mass is 793 g/mol. The molecule has 1 aliphatic heterocycles. The molecule has 4 fully saturated rings. The third-order valence-electron chi connectivity index (χ3n) is 13.2. The number of anilines is 3. The van der Waals surface area contributed by atoms with Crippen LogP contribution in [0.3, 0.4) is 0 Å². The molecule has 3 saturated carbocycles. The van der Waals surface area contributed by atoms with Crippen molar-refractivity contribution < 1.29 is 23.7 Å². The smallest absolute Gasteiger partial charge is 0.224 e. The largest absolute Gasteiger partial charge is 0.497 e. The van der Waals surface area contributed by atoms with E-state index in [2.05, 4.69) is 58.1 Å². The molecule has 1 saturated heterocycles. The Kier molecular flexibility index (Phi) is 11.4. The average molecular weight is 794 g/mol. The van der Waals surface area contributed by atoms with Crippen LogP contribution in [-0.2, 0) is 26.2 Å². The van der Waals surface area contributed by atoms with Crippen molar-refractivity contribution >= 4 is 34.1 Å². The quantitative estimate of drug-likeness (QED) is 0.101. The van der Waals surface area contributed by atoms with E-state index in [1.165, 1.54) is 19.3 Å². The van der Waals surface area contributed by atoms with Crippen LogP contribution in [-0.4, -0.2) is 76.7 Å². The molecular weight excluding hydrogens is 731 g/mol. The standard InChI is InChI=1S/C46H63N7O5/c1-45(2,3)32-13-15-36(47)37(22-32)51-40(54)16-11-29-19-33(20-29)52(25-28-9-8-10-28)26-31-21-38(42-41(31)57-46(4,5)58-42)53-18-17-35-43(49-27-50-44(35)53)48-24-30-12-14-34(55-6)23-39(30)56-7/h12-15,17-18,22-23,27-29,31,33,38,41-42H,8-11,16,19-21,24-26,47H2,1-7H3,(H,51,54)(H,48,49,50)/t29?,31?,33?,38-,41-,42+/m1/s1. The van der Waals surface area contributed by atoms with Gasteiger partial charge in [-0.1, -0.05) is 33.3 Å². The van der Waals surface area contributed by atoms with Crippen LogP contribution in [0.1, 0.15) is 103 Å². The summed E-state index contributed by atoms with van der Waals surface area (Å²) < 4.78 is 26.8. The highest BCUT2D eigenvalue weighted by atomic mass is 16.8. The Morgan fingerprint density at radius 2 is 1.78 bits per heavy atom. The number of benzene rings is 2. The summed E-state index contributed by atoms with van der Waals surface area (Å²) in [4.78, 5) is 25.3. The van der Waals surface area contributed by atoms with Gasteiger partial charge in [0.1, 0.15) is 35.4 Å². The number of carbonyl (C=O) groups excluding carboxylic acids is 1. The molecule has 2 aromatic heterocycles. The highest BCUT2D eigenvalue weighted by Gasteiger charge is 2.55. The average Bonchev–Trinajstić information content (AvgIpc) is 3.82. The fourth-order valence-corrected chi connectivity index (χ4v) is 9.66. The number of nitrogens with two attached hydrogens (primary N) is 1. The van der Waals surface area contributed by atoms with Crippen LogP contribution < -0.4 is 25.8 Å². The molecule has 0 radical (unpaired) electrons. The molecule has 1 unspecified atom stereocenters. The van der Waals surface area contributed by atoms with Crippen molar-refractivity contribution in [2.45, 2.75) is 128 Å². The van der Waals surface area contributed by atoms with E-state index < -0.39 is 5.79 Å². The van der Waals surface area contributed by atoms with Gasteiger partial charge in [0.15, 0.2) is 5.79 Å². The van der Waals surface area contributed by atoms with Crippen LogP contribution in [0.15, 0.2) is 55.0 Å². The summed E-state index contributed by atoms with van der Waals surface area (Å²) in [6, 6.07) is 14.5. The number of amides is 1. The number of methoxy groups -OCH3 is 2. The van der Waals surface area contributed by atoms with Crippen LogP contribution in [0, 0.1) is 17.8 Å². The fraction of sp³-hybridized carbons (Fsp3) is 0.587. The molecule has 3 aliphatic carbocycles. The number of nitrogen functional groups attached to an aromatic ring is 1. The predicted molar refractivity (Wildman–Crippen MR) is 228 cm³/mol. The number of aromatic nitrogens is 3. The molecule has 12 heteroatoms. The van der Waals surface area contributed by atoms with E-state index in [9.17, 15) is 4.79 Å². The Morgan fingerprint density at radius 1 is 0.983 bits per heavy atom. The number of carbonyl (C=O) groups is 1. The van der Waals surface area contributed by atoms with Gasteiger partial charge in [-0.3, -0.25) is 9.69 Å². The Balaban J connectivity index is 0.927. The van der Waals surface area contributed by atoms with Crippen molar-refractivity contribution in [1.82, 2.24) is 19.4 Å². The lowest BCUT2D eigenvalue weighted by molar-refractivity contribution is -0.161. The number of ether oxygens (including phenoxy) is 4. The van der Waals surface area contributed by atoms with Gasteiger partial charge >= 0.3 is 0 Å². The maximum absolute atomic E-state index is 13.1. The summed E-state index contributed by atoms with van der Waals surface area (Å²) in [6.45, 7) is 13.2. The van der Waals surface area contributed by atoms with Crippen molar-refractivity contribution in [3.05, 3.63) is 66.1 Å². The third kappa shape index (κ3) is 8.51. The second kappa shape index (κ2) is 16.3. The van der Waals surface area contributed by atoms with E-state index >= 15 is 0 Å². The van der Waals surface area contributed by atoms with Crippen LogP contribution in [0.4, 0.5) is 17.2 Å². The molecule has 8 rings (SSSR count). The van der Waals surface area contributed by atoms with Crippen molar-refractivity contribution in [2.24, 2.45) is 17.8 Å². The van der Waals surface area contributed by atoms with E-state index in [4.69, 9.17) is 29.7 Å². The Bertz CT molecular complexity index is 2080. The van der Waals surface area contributed by atoms with Gasteiger partial charge in [0.2, 0.25) is 5.91 Å². The Hall–Kier alpha value is -4.39. The normalized spacial score (nSPS) is 25.3. The van der Waals surface area contributed by atoms with E-state index in [1.54, 1.807) is 20.5 Å². The zero-order chi connectivity index (χ0) is 40.8. The molecule has 312 valence electrons. The van der Waals surface area contributed by atoms with Crippen molar-refractivity contribution in [2.75, 3.05) is 43.7 Å². The molecule has 4 atom stereocenters. The number of fused-ring (bicyclic) bond motifs is 2. The van der Waals surface area contributed by atoms with E-state index in [0.717, 1.165) is 84.2 Å². The van der Waals surface area contributed by atoms with Gasteiger partial charge in [0.25, 0.3) is 0 Å². The zero-order valence-electron chi connectivity index (χ0n) is 35.4. The lowest BCUT2D eigenvalue weighted by atomic mass is 9.75. The summed E-state index contributed by atoms with van der Waals surface area (Å²) in [6.07, 6.45) is 12.3. The molecule has 1 amide bonds. The van der Waals surface area contributed by atoms with Crippen molar-refractivity contribution in [1.29, 1.82) is 0 Å². The lowest BCUT2D eigenvalue weighted by Crippen LogP contribution is -2.50. The minimum Gasteiger partial charge on any atom is -0.497 e. The van der Waals surface area contributed by atoms with Crippen LogP contribution in [0.2, 0.25) is 0 Å². The molecule has 0 bridgehead atoms. The minimum atomic E-state index is -0.659. The highest BCUT2D eigenvalue weighted by molar-refractivity contribution is 5.94. The summed E-state index contributed by atoms with van der Waals surface area (Å²) in [5.41, 5.74) is 10.6. The number of rotatable bonds is 15. The number of hydrogen-bond acceptors (Lipinski definition) is 10. The number of nitrogens with one attached hydrogen (secondary N) is 2. The van der Waals surface area contributed by atoms with Crippen molar-refractivity contribution in [3.8, 4) is 11.5 Å². The summed E-state index contributed by atoms with van der Waals surface area (Å²) in [7, 11) is 3.32. The van der Waals surface area contributed by atoms with Crippen molar-refractivity contribution in [3.63, 3.8) is 0 Å². The topological polar surface area (TPSA) is 138 Å². The lowest BCUT2D eigenvalue weighted by Gasteiger charge is -2.46. The number of hydrogen-bond donors (Lipinski definition) is 3. The van der Waals surface area contributed by atoms with Crippen LogP contribution in [0.25, 0.3) is 11.0 Å². The maximum atomic E-state index is 13.1. The SMILES string of the molecule is COc1ccc(CNc2ncnc3c2ccn3[C@@H]2CC(CN(CC3CCC3)C3CC(CCC(=O)Nc4cc(C(C)(C)C)ccc4N)C3)[C@H]3OC(C)(C)O[C@H]32)c(OC)c1. The van der Waals surface area contributed by atoms with E-state index in [0.29, 0.717) is 42.2 Å². The molecular formula is C46H63N7O5. The first kappa shape index (κ1) is 40.4. The zero-order valence-corrected chi connectivity index (χ0v) is 35.4. The van der Waals surface area contributed by atoms with Gasteiger partial charge in [-0.2, -0.15) is 0 Å². The first-order valence-corrected chi connectivity index (χ1v) is 21.3. The molecule has 0 spiro atoms. The van der Waals surface area contributed by atoms with Gasteiger partial charge in [-0.25, -0.2) is 9.97 Å². The fourth-order valence-electron chi connectivity index (χ4n) is 9.66. The first-order valence-electron chi connectivity index (χ1n) is 21.3. The molecule has 2 aromatic carbocycles. The molecule has 4 N–H and O–H groups in total. The molecule has 3 heterocycles. The predicted octanol–water partition coefficient (Wildman–Crippen LogP) is 8.32. The second-order valence-corrected chi connectivity index (χ2v) is 18.7. The van der Waals surface area contributed by atoms with Gasteiger partial charge in [0, 0.05) is 55.8 Å². The highest BCUT2D eigenvalue weighted by Crippen LogP contribution is 2.49. The first-order chi connectivity index (χ1) is 27.8. The van der Waals surface area contributed by atoms with Crippen LogP contribution in [0.5, 0.6) is 11.5 Å². The van der Waals surface area contributed by atoms with Gasteiger partial charge in [0.05, 0.1) is 43.1 Å². The van der Waals surface area contributed by atoms with Crippen LogP contribution >= 0.6 is 0 Å². The third-order valence-corrected chi connectivity index (χ3v) is 13.2. The summed E-state index contributed by atoms with van der Waals surface area (Å²) in [5, 5.41) is 7.61. The van der Waals surface area contributed by atoms with Gasteiger partial charge < -0.3 is 39.9 Å². The summed E-state index contributed by atoms with van der Waals surface area (Å²) in [5.74, 6) is 3.30. The van der Waals surface area contributed by atoms with Gasteiger partial charge in [-0.05, 0) is 106 Å². The minimum absolute atomic E-state index is 0.00731. The molecule has 4 aliphatic rings. The maximum Gasteiger partial charge on any atom is 0.224 e. The Morgan fingerprint density at radius 3 is 2.50 bits per heavy atom. The second-order valence-electron chi connectivity index (χ2n) is 18.7. The molecule has 4 aromatic rings. The number of nitrogens with zero attached hydrogens (tertiary/aromatic N) is 4. The summed E-state index contributed by atoms with van der Waals surface area (Å²) >= 11 is 0.